The molecule has 0 aromatic rings. The third kappa shape index (κ3) is 66.6. The number of phosphoric acid groups is 1. The number of quaternary nitrogens is 1. The number of nitrogens with zero attached hydrogens (tertiary/aromatic N) is 1. The van der Waals surface area contributed by atoms with Gasteiger partial charge < -0.3 is 28.8 Å². The predicted octanol–water partition coefficient (Wildman–Crippen LogP) is 22.7. The van der Waals surface area contributed by atoms with E-state index in [4.69, 9.17) is 9.05 Å². The summed E-state index contributed by atoms with van der Waals surface area (Å²) >= 11 is 0. The Morgan fingerprint density at radius 2 is 0.667 bits per heavy atom. The molecule has 0 fully saturated rings. The molecule has 0 aromatic carbocycles. The minimum atomic E-state index is -4.60. The molecular formula is C72H145N2O6P. The molecule has 0 aromatic heterocycles. The number of carbonyl (C=O) groups excluding carboxylic acids is 1. The van der Waals surface area contributed by atoms with Crippen LogP contribution in [0, 0.1) is 0 Å². The molecule has 484 valence electrons. The second-order valence-corrected chi connectivity index (χ2v) is 28.1. The number of aliphatic hydroxyl groups is 1. The fraction of sp³-hybridized carbons (Fsp3) is 0.958. The average molecular weight is 1170 g/mol. The molecule has 0 aliphatic carbocycles. The number of allylic oxidation sites excluding steroid dienone is 1. The second-order valence-electron chi connectivity index (χ2n) is 26.7. The number of rotatable bonds is 69. The fourth-order valence-corrected chi connectivity index (χ4v) is 12.3. The maximum atomic E-state index is 13.0. The van der Waals surface area contributed by atoms with Crippen LogP contribution in [0.3, 0.4) is 0 Å². The van der Waals surface area contributed by atoms with Crippen molar-refractivity contribution in [3.05, 3.63) is 12.2 Å². The van der Waals surface area contributed by atoms with E-state index in [1.54, 1.807) is 6.08 Å². The van der Waals surface area contributed by atoms with Crippen LogP contribution in [0.4, 0.5) is 0 Å². The van der Waals surface area contributed by atoms with Gasteiger partial charge in [0.2, 0.25) is 5.91 Å². The zero-order valence-corrected chi connectivity index (χ0v) is 56.4. The van der Waals surface area contributed by atoms with Crippen molar-refractivity contribution in [2.75, 3.05) is 40.9 Å². The number of amides is 1. The van der Waals surface area contributed by atoms with Gasteiger partial charge in [0, 0.05) is 6.42 Å². The number of unbranched alkanes of at least 4 members (excludes halogenated alkanes) is 56. The lowest BCUT2D eigenvalue weighted by Gasteiger charge is -2.29. The first kappa shape index (κ1) is 80.2. The lowest BCUT2D eigenvalue weighted by Crippen LogP contribution is -2.45. The molecule has 0 saturated carbocycles. The molecule has 0 rings (SSSR count). The smallest absolute Gasteiger partial charge is 0.268 e. The summed E-state index contributed by atoms with van der Waals surface area (Å²) in [4.78, 5) is 25.6. The lowest BCUT2D eigenvalue weighted by atomic mass is 10.0. The van der Waals surface area contributed by atoms with Gasteiger partial charge >= 0.3 is 0 Å². The summed E-state index contributed by atoms with van der Waals surface area (Å²) in [5.74, 6) is -0.187. The van der Waals surface area contributed by atoms with Crippen molar-refractivity contribution < 1.29 is 32.9 Å². The SMILES string of the molecule is CCCCCCCCCCCCCCCCCCCCCCCCCCCCCC/C=C/C(O)C(COP(=O)([O-])OCC[N+](C)(C)C)NC(=O)CCCCCCCCCCCCCCCCCCCCCCCCCCCCCCC. The van der Waals surface area contributed by atoms with Gasteiger partial charge in [-0.3, -0.25) is 9.36 Å². The van der Waals surface area contributed by atoms with E-state index in [2.05, 4.69) is 19.2 Å². The van der Waals surface area contributed by atoms with E-state index in [1.807, 2.05) is 27.2 Å². The van der Waals surface area contributed by atoms with E-state index in [0.29, 0.717) is 17.4 Å². The summed E-state index contributed by atoms with van der Waals surface area (Å²) in [6, 6.07) is -0.884. The van der Waals surface area contributed by atoms with Crippen LogP contribution in [0.15, 0.2) is 12.2 Å². The standard InChI is InChI=1S/C72H145N2O6P/c1-6-8-10-12-14-16-18-20-22-24-26-28-30-32-34-36-38-39-41-43-45-47-49-51-53-55-57-59-61-63-65-71(75)70(69-80-81(77,78)79-68-67-74(3,4)5)73-72(76)66-64-62-60-58-56-54-52-50-48-46-44-42-40-37-35-33-31-29-27-25-23-21-19-17-15-13-11-9-7-2/h63,65,70-71,75H,6-62,64,66-69H2,1-5H3,(H-,73,76,77,78)/b65-63+. The van der Waals surface area contributed by atoms with Crippen LogP contribution in [-0.2, 0) is 18.4 Å². The number of nitrogens with one attached hydrogen (secondary N) is 1. The lowest BCUT2D eigenvalue weighted by molar-refractivity contribution is -0.870. The van der Waals surface area contributed by atoms with Gasteiger partial charge in [-0.1, -0.05) is 379 Å². The van der Waals surface area contributed by atoms with Gasteiger partial charge in [0.1, 0.15) is 13.2 Å². The van der Waals surface area contributed by atoms with Crippen LogP contribution in [0.25, 0.3) is 0 Å². The molecule has 0 aliphatic heterocycles. The maximum Gasteiger partial charge on any atom is 0.268 e. The molecule has 0 heterocycles. The first-order valence-corrected chi connectivity index (χ1v) is 38.0. The Balaban J connectivity index is 4.00. The second kappa shape index (κ2) is 63.7. The summed E-state index contributed by atoms with van der Waals surface area (Å²) in [7, 11) is 1.29. The molecule has 3 atom stereocenters. The monoisotopic (exact) mass is 1170 g/mol. The molecule has 0 bridgehead atoms. The highest BCUT2D eigenvalue weighted by molar-refractivity contribution is 7.45. The Morgan fingerprint density at radius 1 is 0.420 bits per heavy atom. The molecule has 3 unspecified atom stereocenters. The summed E-state index contributed by atoms with van der Waals surface area (Å²) in [5, 5.41) is 14.0. The Labute approximate surface area is 507 Å². The number of phosphoric ester groups is 1. The highest BCUT2D eigenvalue weighted by atomic mass is 31.2. The van der Waals surface area contributed by atoms with Gasteiger partial charge in [0.15, 0.2) is 0 Å². The van der Waals surface area contributed by atoms with Crippen LogP contribution >= 0.6 is 7.82 Å². The van der Waals surface area contributed by atoms with Gasteiger partial charge in [-0.25, -0.2) is 0 Å². The zero-order valence-electron chi connectivity index (χ0n) is 55.5. The summed E-state index contributed by atoms with van der Waals surface area (Å²) in [6.07, 6.45) is 82.1. The summed E-state index contributed by atoms with van der Waals surface area (Å²) in [6.45, 7) is 4.73. The molecule has 8 nitrogen and oxygen atoms in total. The molecule has 0 radical (unpaired) electrons. The van der Waals surface area contributed by atoms with Gasteiger partial charge in [-0.2, -0.15) is 0 Å². The third-order valence-electron chi connectivity index (χ3n) is 17.2. The summed E-state index contributed by atoms with van der Waals surface area (Å²) < 4.78 is 23.5. The molecular weight excluding hydrogens is 1020 g/mol. The van der Waals surface area contributed by atoms with E-state index >= 15 is 0 Å². The molecule has 81 heavy (non-hydrogen) atoms. The zero-order chi connectivity index (χ0) is 59.1. The molecule has 0 spiro atoms. The number of hydrogen-bond donors (Lipinski definition) is 2. The molecule has 0 saturated heterocycles. The van der Waals surface area contributed by atoms with E-state index < -0.39 is 20.0 Å². The van der Waals surface area contributed by atoms with Gasteiger partial charge in [-0.05, 0) is 19.3 Å². The average Bonchev–Trinajstić information content (AvgIpc) is 3.43. The third-order valence-corrected chi connectivity index (χ3v) is 18.2. The highest BCUT2D eigenvalue weighted by Crippen LogP contribution is 2.38. The van der Waals surface area contributed by atoms with Crippen molar-refractivity contribution >= 4 is 13.7 Å². The first-order valence-electron chi connectivity index (χ1n) is 36.6. The van der Waals surface area contributed by atoms with Crippen molar-refractivity contribution in [2.24, 2.45) is 0 Å². The maximum absolute atomic E-state index is 13.0. The Morgan fingerprint density at radius 3 is 0.926 bits per heavy atom. The van der Waals surface area contributed by atoms with Crippen LogP contribution in [0.2, 0.25) is 0 Å². The summed E-state index contributed by atoms with van der Waals surface area (Å²) in [5.41, 5.74) is 0. The van der Waals surface area contributed by atoms with Crippen molar-refractivity contribution in [1.82, 2.24) is 5.32 Å². The number of hydrogen-bond acceptors (Lipinski definition) is 6. The van der Waals surface area contributed by atoms with E-state index in [0.717, 1.165) is 38.5 Å². The normalized spacial score (nSPS) is 13.6. The van der Waals surface area contributed by atoms with Crippen LogP contribution < -0.4 is 10.2 Å². The predicted molar refractivity (Wildman–Crippen MR) is 353 cm³/mol. The number of likely N-dealkylation sites (N-methyl/N-ethyl adjacent to an activating group) is 1. The topological polar surface area (TPSA) is 108 Å². The van der Waals surface area contributed by atoms with Crippen molar-refractivity contribution in [2.45, 2.75) is 405 Å². The quantitative estimate of drug-likeness (QED) is 0.0272. The van der Waals surface area contributed by atoms with E-state index in [1.165, 1.54) is 334 Å². The number of carbonyl (C=O) groups is 1. The Hall–Kier alpha value is -0.760. The van der Waals surface area contributed by atoms with Crippen LogP contribution in [-0.4, -0.2) is 68.5 Å². The highest BCUT2D eigenvalue weighted by Gasteiger charge is 2.23. The van der Waals surface area contributed by atoms with E-state index in [-0.39, 0.29) is 19.1 Å². The molecule has 1 amide bonds. The van der Waals surface area contributed by atoms with Crippen molar-refractivity contribution in [3.8, 4) is 0 Å². The minimum absolute atomic E-state index is 0.00307. The first-order chi connectivity index (χ1) is 39.5. The van der Waals surface area contributed by atoms with Gasteiger partial charge in [0.25, 0.3) is 7.82 Å². The van der Waals surface area contributed by atoms with E-state index in [9.17, 15) is 19.4 Å². The molecule has 9 heteroatoms. The molecule has 2 N–H and O–H groups in total. The number of aliphatic hydroxyl groups excluding tert-OH is 1. The Bertz CT molecular complexity index is 1320. The van der Waals surface area contributed by atoms with Gasteiger partial charge in [-0.15, -0.1) is 0 Å². The van der Waals surface area contributed by atoms with Crippen LogP contribution in [0.5, 0.6) is 0 Å². The van der Waals surface area contributed by atoms with Gasteiger partial charge in [0.05, 0.1) is 39.9 Å². The van der Waals surface area contributed by atoms with Crippen molar-refractivity contribution in [1.29, 1.82) is 0 Å². The minimum Gasteiger partial charge on any atom is -0.756 e. The largest absolute Gasteiger partial charge is 0.756 e. The Kier molecular flexibility index (Phi) is 63.1. The van der Waals surface area contributed by atoms with Crippen molar-refractivity contribution in [3.63, 3.8) is 0 Å². The molecule has 0 aliphatic rings. The fourth-order valence-electron chi connectivity index (χ4n) is 11.6. The van der Waals surface area contributed by atoms with Crippen LogP contribution in [0.1, 0.15) is 393 Å².